The minimum atomic E-state index is -3.71. The zero-order valence-electron chi connectivity index (χ0n) is 11.9. The van der Waals surface area contributed by atoms with Gasteiger partial charge in [-0.3, -0.25) is 4.79 Å². The Morgan fingerprint density at radius 1 is 1.09 bits per heavy atom. The van der Waals surface area contributed by atoms with Crippen LogP contribution in [0.15, 0.2) is 24.3 Å². The Morgan fingerprint density at radius 3 is 2.23 bits per heavy atom. The number of rotatable bonds is 3. The Hall–Kier alpha value is -1.31. The number of nitrogens with zero attached hydrogens (tertiary/aromatic N) is 2. The van der Waals surface area contributed by atoms with E-state index in [1.807, 2.05) is 24.3 Å². The summed E-state index contributed by atoms with van der Waals surface area (Å²) >= 11 is 0. The van der Waals surface area contributed by atoms with Gasteiger partial charge in [-0.25, -0.2) is 8.42 Å². The summed E-state index contributed by atoms with van der Waals surface area (Å²) < 4.78 is 28.1. The van der Waals surface area contributed by atoms with E-state index in [4.69, 9.17) is 15.4 Å². The van der Waals surface area contributed by atoms with Gasteiger partial charge in [0.2, 0.25) is 15.0 Å². The van der Waals surface area contributed by atoms with Crippen LogP contribution >= 0.6 is 10.7 Å². The number of morpholine rings is 1. The van der Waals surface area contributed by atoms with Gasteiger partial charge in [0.15, 0.2) is 0 Å². The van der Waals surface area contributed by atoms with Gasteiger partial charge in [-0.1, -0.05) is 0 Å². The van der Waals surface area contributed by atoms with Crippen molar-refractivity contribution in [2.24, 2.45) is 0 Å². The first-order valence-electron chi connectivity index (χ1n) is 7.12. The SMILES string of the molecule is O=C1CC(S(=O)(=O)Cl)CN1c1ccc(N2CCOCC2)cc1. The summed E-state index contributed by atoms with van der Waals surface area (Å²) in [6.07, 6.45) is -0.0585. The maximum Gasteiger partial charge on any atom is 0.237 e. The Kier molecular flexibility index (Phi) is 4.29. The van der Waals surface area contributed by atoms with Gasteiger partial charge < -0.3 is 14.5 Å². The molecule has 0 saturated carbocycles. The molecule has 6 nitrogen and oxygen atoms in total. The molecule has 2 aliphatic rings. The number of carbonyl (C=O) groups excluding carboxylic acids is 1. The number of halogens is 1. The third kappa shape index (κ3) is 3.21. The molecule has 0 N–H and O–H groups in total. The monoisotopic (exact) mass is 344 g/mol. The van der Waals surface area contributed by atoms with Crippen molar-refractivity contribution in [3.63, 3.8) is 0 Å². The molecule has 2 saturated heterocycles. The fourth-order valence-electron chi connectivity index (χ4n) is 2.78. The van der Waals surface area contributed by atoms with Crippen LogP contribution in [0.5, 0.6) is 0 Å². The molecule has 120 valence electrons. The quantitative estimate of drug-likeness (QED) is 0.771. The molecule has 0 aromatic heterocycles. The molecule has 1 amide bonds. The van der Waals surface area contributed by atoms with Gasteiger partial charge in [0, 0.05) is 48.1 Å². The van der Waals surface area contributed by atoms with Crippen LogP contribution in [0.3, 0.4) is 0 Å². The third-order valence-corrected chi connectivity index (χ3v) is 5.89. The molecule has 3 rings (SSSR count). The molecule has 2 heterocycles. The summed E-state index contributed by atoms with van der Waals surface area (Å²) in [6.45, 7) is 3.22. The maximum atomic E-state index is 12.0. The number of hydrogen-bond donors (Lipinski definition) is 0. The number of benzene rings is 1. The molecule has 0 radical (unpaired) electrons. The predicted molar refractivity (Wildman–Crippen MR) is 85.0 cm³/mol. The molecule has 1 unspecified atom stereocenters. The summed E-state index contributed by atoms with van der Waals surface area (Å²) in [5.41, 5.74) is 1.77. The highest BCUT2D eigenvalue weighted by Gasteiger charge is 2.37. The van der Waals surface area contributed by atoms with Crippen molar-refractivity contribution in [2.45, 2.75) is 11.7 Å². The lowest BCUT2D eigenvalue weighted by Gasteiger charge is -2.29. The summed E-state index contributed by atoms with van der Waals surface area (Å²) in [5, 5.41) is -0.833. The van der Waals surface area contributed by atoms with Crippen molar-refractivity contribution in [1.82, 2.24) is 0 Å². The molecule has 0 aliphatic carbocycles. The summed E-state index contributed by atoms with van der Waals surface area (Å²) in [7, 11) is 1.65. The smallest absolute Gasteiger partial charge is 0.237 e. The highest BCUT2D eigenvalue weighted by molar-refractivity contribution is 8.14. The number of carbonyl (C=O) groups is 1. The summed E-state index contributed by atoms with van der Waals surface area (Å²) in [5.74, 6) is -0.214. The zero-order chi connectivity index (χ0) is 15.7. The van der Waals surface area contributed by atoms with E-state index in [1.54, 1.807) is 0 Å². The van der Waals surface area contributed by atoms with Gasteiger partial charge in [0.05, 0.1) is 13.2 Å². The molecule has 1 aromatic carbocycles. The fourth-order valence-corrected chi connectivity index (χ4v) is 3.80. The number of hydrogen-bond acceptors (Lipinski definition) is 5. The standard InChI is InChI=1S/C14H17ClN2O4S/c15-22(19,20)13-9-14(18)17(10-13)12-3-1-11(2-4-12)16-5-7-21-8-6-16/h1-4,13H,5-10H2. The van der Waals surface area contributed by atoms with E-state index in [1.165, 1.54) is 4.90 Å². The van der Waals surface area contributed by atoms with E-state index in [9.17, 15) is 13.2 Å². The molecular weight excluding hydrogens is 328 g/mol. The van der Waals surface area contributed by atoms with Crippen molar-refractivity contribution in [2.75, 3.05) is 42.6 Å². The molecule has 1 aromatic rings. The second-order valence-corrected chi connectivity index (χ2v) is 8.33. The number of anilines is 2. The van der Waals surface area contributed by atoms with Gasteiger partial charge in [-0.15, -0.1) is 0 Å². The molecule has 22 heavy (non-hydrogen) atoms. The molecule has 0 bridgehead atoms. The topological polar surface area (TPSA) is 66.9 Å². The fraction of sp³-hybridized carbons (Fsp3) is 0.500. The van der Waals surface area contributed by atoms with Crippen molar-refractivity contribution in [3.8, 4) is 0 Å². The van der Waals surface area contributed by atoms with E-state index in [2.05, 4.69) is 4.90 Å². The molecule has 8 heteroatoms. The van der Waals surface area contributed by atoms with E-state index in [-0.39, 0.29) is 18.9 Å². The lowest BCUT2D eigenvalue weighted by molar-refractivity contribution is -0.117. The van der Waals surface area contributed by atoms with E-state index in [0.717, 1.165) is 18.8 Å². The predicted octanol–water partition coefficient (Wildman–Crippen LogP) is 1.20. The normalized spacial score (nSPS) is 23.1. The lowest BCUT2D eigenvalue weighted by Crippen LogP contribution is -2.36. The number of amides is 1. The van der Waals surface area contributed by atoms with Crippen LogP contribution in [-0.4, -0.2) is 52.4 Å². The average molecular weight is 345 g/mol. The summed E-state index contributed by atoms with van der Waals surface area (Å²) in [4.78, 5) is 15.7. The zero-order valence-corrected chi connectivity index (χ0v) is 13.5. The Balaban J connectivity index is 1.74. The summed E-state index contributed by atoms with van der Waals surface area (Å²) in [6, 6.07) is 7.56. The largest absolute Gasteiger partial charge is 0.378 e. The molecule has 0 spiro atoms. The van der Waals surface area contributed by atoms with Gasteiger partial charge in [-0.2, -0.15) is 0 Å². The lowest BCUT2D eigenvalue weighted by atomic mass is 10.2. The van der Waals surface area contributed by atoms with E-state index >= 15 is 0 Å². The Morgan fingerprint density at radius 2 is 1.68 bits per heavy atom. The second-order valence-electron chi connectivity index (χ2n) is 5.42. The minimum Gasteiger partial charge on any atom is -0.378 e. The minimum absolute atomic E-state index is 0.0585. The van der Waals surface area contributed by atoms with Gasteiger partial charge in [0.1, 0.15) is 5.25 Å². The molecule has 2 fully saturated rings. The Bertz CT molecular complexity index is 656. The van der Waals surface area contributed by atoms with Crippen LogP contribution in [0, 0.1) is 0 Å². The van der Waals surface area contributed by atoms with E-state index < -0.39 is 14.3 Å². The van der Waals surface area contributed by atoms with Gasteiger partial charge in [0.25, 0.3) is 0 Å². The Labute approximate surface area is 134 Å². The van der Waals surface area contributed by atoms with Crippen molar-refractivity contribution >= 4 is 37.0 Å². The van der Waals surface area contributed by atoms with Crippen molar-refractivity contribution in [3.05, 3.63) is 24.3 Å². The molecule has 2 aliphatic heterocycles. The van der Waals surface area contributed by atoms with Crippen LogP contribution in [0.25, 0.3) is 0 Å². The van der Waals surface area contributed by atoms with Crippen LogP contribution < -0.4 is 9.80 Å². The van der Waals surface area contributed by atoms with Crippen LogP contribution in [0.1, 0.15) is 6.42 Å². The van der Waals surface area contributed by atoms with Gasteiger partial charge >= 0.3 is 0 Å². The first-order chi connectivity index (χ1) is 10.4. The maximum absolute atomic E-state index is 12.0. The first kappa shape index (κ1) is 15.6. The van der Waals surface area contributed by atoms with E-state index in [0.29, 0.717) is 18.9 Å². The highest BCUT2D eigenvalue weighted by atomic mass is 35.7. The first-order valence-corrected chi connectivity index (χ1v) is 9.49. The number of ether oxygens (including phenoxy) is 1. The van der Waals surface area contributed by atoms with Crippen molar-refractivity contribution in [1.29, 1.82) is 0 Å². The van der Waals surface area contributed by atoms with Crippen molar-refractivity contribution < 1.29 is 17.9 Å². The average Bonchev–Trinajstić information content (AvgIpc) is 2.90. The second kappa shape index (κ2) is 6.06. The van der Waals surface area contributed by atoms with Crippen LogP contribution in [-0.2, 0) is 18.6 Å². The van der Waals surface area contributed by atoms with Gasteiger partial charge in [-0.05, 0) is 24.3 Å². The third-order valence-electron chi connectivity index (χ3n) is 4.03. The van der Waals surface area contributed by atoms with Crippen LogP contribution in [0.4, 0.5) is 11.4 Å². The highest BCUT2D eigenvalue weighted by Crippen LogP contribution is 2.28. The molecular formula is C14H17ClN2O4S. The van der Waals surface area contributed by atoms with Crippen LogP contribution in [0.2, 0.25) is 0 Å². The molecule has 1 atom stereocenters.